The summed E-state index contributed by atoms with van der Waals surface area (Å²) >= 11 is 0. The highest BCUT2D eigenvalue weighted by Crippen LogP contribution is 2.07. The Morgan fingerprint density at radius 3 is 2.76 bits per heavy atom. The lowest BCUT2D eigenvalue weighted by Gasteiger charge is -2.36. The summed E-state index contributed by atoms with van der Waals surface area (Å²) in [5.41, 5.74) is 0.983. The maximum absolute atomic E-state index is 12.1. The number of piperazine rings is 1. The van der Waals surface area contributed by atoms with Gasteiger partial charge in [-0.05, 0) is 25.5 Å². The molecule has 1 amide bonds. The summed E-state index contributed by atoms with van der Waals surface area (Å²) in [5.74, 6) is 0.193. The molecule has 0 aromatic carbocycles. The molecule has 1 aromatic heterocycles. The second-order valence-electron chi connectivity index (χ2n) is 4.81. The number of rotatable bonds is 2. The Morgan fingerprint density at radius 1 is 1.47 bits per heavy atom. The van der Waals surface area contributed by atoms with Crippen LogP contribution in [0.3, 0.4) is 0 Å². The fraction of sp³-hybridized carbons (Fsp3) is 0.538. The van der Waals surface area contributed by atoms with Crippen LogP contribution in [-0.2, 0) is 11.2 Å². The van der Waals surface area contributed by atoms with E-state index in [1.165, 1.54) is 0 Å². The quantitative estimate of drug-likeness (QED) is 0.823. The van der Waals surface area contributed by atoms with Crippen LogP contribution in [0.15, 0.2) is 24.5 Å². The molecule has 4 nitrogen and oxygen atoms in total. The molecule has 0 aliphatic carbocycles. The fourth-order valence-corrected chi connectivity index (χ4v) is 2.32. The van der Waals surface area contributed by atoms with Gasteiger partial charge in [0.05, 0.1) is 6.42 Å². The van der Waals surface area contributed by atoms with Crippen molar-refractivity contribution >= 4 is 5.91 Å². The van der Waals surface area contributed by atoms with Crippen LogP contribution in [-0.4, -0.2) is 41.0 Å². The van der Waals surface area contributed by atoms with Gasteiger partial charge in [0.15, 0.2) is 0 Å². The summed E-state index contributed by atoms with van der Waals surface area (Å²) in [4.78, 5) is 18.1. The third-order valence-corrected chi connectivity index (χ3v) is 2.99. The Hall–Kier alpha value is -1.42. The van der Waals surface area contributed by atoms with Crippen molar-refractivity contribution in [2.75, 3.05) is 13.1 Å². The van der Waals surface area contributed by atoms with Crippen molar-refractivity contribution in [2.45, 2.75) is 32.4 Å². The van der Waals surface area contributed by atoms with E-state index in [4.69, 9.17) is 0 Å². The monoisotopic (exact) mass is 233 g/mol. The van der Waals surface area contributed by atoms with Crippen LogP contribution in [0.25, 0.3) is 0 Å². The molecule has 1 aromatic rings. The molecule has 1 aliphatic rings. The molecule has 1 saturated heterocycles. The van der Waals surface area contributed by atoms with Crippen LogP contribution in [0.2, 0.25) is 0 Å². The maximum atomic E-state index is 12.1. The molecule has 1 N–H and O–H groups in total. The number of nitrogens with zero attached hydrogens (tertiary/aromatic N) is 2. The number of nitrogens with one attached hydrogen (secondary N) is 1. The minimum Gasteiger partial charge on any atom is -0.339 e. The molecule has 2 rings (SSSR count). The van der Waals surface area contributed by atoms with Crippen molar-refractivity contribution in [1.29, 1.82) is 0 Å². The first-order valence-corrected chi connectivity index (χ1v) is 6.08. The molecular formula is C13H19N3O. The normalized spacial score (nSPS) is 24.7. The molecule has 1 aliphatic heterocycles. The topological polar surface area (TPSA) is 45.2 Å². The lowest BCUT2D eigenvalue weighted by atomic mass is 10.1. The molecule has 4 heteroatoms. The van der Waals surface area contributed by atoms with Crippen molar-refractivity contribution in [3.8, 4) is 0 Å². The van der Waals surface area contributed by atoms with E-state index in [0.717, 1.165) is 18.7 Å². The minimum absolute atomic E-state index is 0.193. The molecule has 1 fully saturated rings. The second kappa shape index (κ2) is 5.27. The zero-order valence-electron chi connectivity index (χ0n) is 10.4. The van der Waals surface area contributed by atoms with Crippen LogP contribution in [0.4, 0.5) is 0 Å². The SMILES string of the molecule is C[C@H]1CN(C(=O)Cc2cccnc2)C[C@H](C)N1. The Kier molecular flexibility index (Phi) is 3.74. The van der Waals surface area contributed by atoms with Crippen LogP contribution in [0, 0.1) is 0 Å². The first-order chi connectivity index (χ1) is 8.15. The van der Waals surface area contributed by atoms with E-state index < -0.39 is 0 Å². The lowest BCUT2D eigenvalue weighted by molar-refractivity contribution is -0.132. The van der Waals surface area contributed by atoms with Gasteiger partial charge in [-0.2, -0.15) is 0 Å². The lowest BCUT2D eigenvalue weighted by Crippen LogP contribution is -2.56. The highest BCUT2D eigenvalue weighted by atomic mass is 16.2. The number of pyridine rings is 1. The van der Waals surface area contributed by atoms with Gasteiger partial charge in [0.2, 0.25) is 5.91 Å². The van der Waals surface area contributed by atoms with E-state index in [0.29, 0.717) is 18.5 Å². The van der Waals surface area contributed by atoms with Crippen LogP contribution >= 0.6 is 0 Å². The summed E-state index contributed by atoms with van der Waals surface area (Å²) in [6.45, 7) is 5.81. The van der Waals surface area contributed by atoms with Gasteiger partial charge in [-0.25, -0.2) is 0 Å². The van der Waals surface area contributed by atoms with Crippen LogP contribution < -0.4 is 5.32 Å². The summed E-state index contributed by atoms with van der Waals surface area (Å²) < 4.78 is 0. The van der Waals surface area contributed by atoms with Gasteiger partial charge < -0.3 is 10.2 Å². The Morgan fingerprint density at radius 2 is 2.18 bits per heavy atom. The summed E-state index contributed by atoms with van der Waals surface area (Å²) in [6, 6.07) is 4.55. The summed E-state index contributed by atoms with van der Waals surface area (Å²) in [7, 11) is 0. The molecule has 17 heavy (non-hydrogen) atoms. The second-order valence-corrected chi connectivity index (χ2v) is 4.81. The molecule has 92 valence electrons. The highest BCUT2D eigenvalue weighted by Gasteiger charge is 2.24. The summed E-state index contributed by atoms with van der Waals surface area (Å²) in [5, 5.41) is 3.42. The third kappa shape index (κ3) is 3.27. The van der Waals surface area contributed by atoms with Crippen molar-refractivity contribution in [3.05, 3.63) is 30.1 Å². The summed E-state index contributed by atoms with van der Waals surface area (Å²) in [6.07, 6.45) is 3.93. The predicted molar refractivity (Wildman–Crippen MR) is 66.6 cm³/mol. The molecular weight excluding hydrogens is 214 g/mol. The number of carbonyl (C=O) groups excluding carboxylic acids is 1. The first kappa shape index (κ1) is 12.0. The first-order valence-electron chi connectivity index (χ1n) is 6.08. The van der Waals surface area contributed by atoms with Gasteiger partial charge in [0, 0.05) is 37.6 Å². The zero-order chi connectivity index (χ0) is 12.3. The third-order valence-electron chi connectivity index (χ3n) is 2.99. The number of hydrogen-bond donors (Lipinski definition) is 1. The molecule has 0 radical (unpaired) electrons. The fourth-order valence-electron chi connectivity index (χ4n) is 2.32. The molecule has 0 unspecified atom stereocenters. The van der Waals surface area contributed by atoms with E-state index in [2.05, 4.69) is 24.1 Å². The van der Waals surface area contributed by atoms with E-state index >= 15 is 0 Å². The zero-order valence-corrected chi connectivity index (χ0v) is 10.4. The van der Waals surface area contributed by atoms with Crippen molar-refractivity contribution in [2.24, 2.45) is 0 Å². The predicted octanol–water partition coefficient (Wildman–Crippen LogP) is 0.833. The van der Waals surface area contributed by atoms with E-state index in [1.807, 2.05) is 17.0 Å². The van der Waals surface area contributed by atoms with Crippen LogP contribution in [0.5, 0.6) is 0 Å². The van der Waals surface area contributed by atoms with E-state index in [-0.39, 0.29) is 5.91 Å². The van der Waals surface area contributed by atoms with Gasteiger partial charge in [-0.1, -0.05) is 6.07 Å². The number of carbonyl (C=O) groups is 1. The van der Waals surface area contributed by atoms with E-state index in [9.17, 15) is 4.79 Å². The minimum atomic E-state index is 0.193. The smallest absolute Gasteiger partial charge is 0.227 e. The molecule has 0 spiro atoms. The number of hydrogen-bond acceptors (Lipinski definition) is 3. The Balaban J connectivity index is 1.96. The van der Waals surface area contributed by atoms with Gasteiger partial charge in [0.25, 0.3) is 0 Å². The van der Waals surface area contributed by atoms with Crippen molar-refractivity contribution in [1.82, 2.24) is 15.2 Å². The largest absolute Gasteiger partial charge is 0.339 e. The molecule has 2 atom stereocenters. The van der Waals surface area contributed by atoms with Gasteiger partial charge >= 0.3 is 0 Å². The van der Waals surface area contributed by atoms with Gasteiger partial charge in [-0.3, -0.25) is 9.78 Å². The highest BCUT2D eigenvalue weighted by molar-refractivity contribution is 5.78. The average Bonchev–Trinajstić information content (AvgIpc) is 2.29. The Labute approximate surface area is 102 Å². The van der Waals surface area contributed by atoms with E-state index in [1.54, 1.807) is 12.4 Å². The Bertz CT molecular complexity index is 370. The van der Waals surface area contributed by atoms with Gasteiger partial charge in [-0.15, -0.1) is 0 Å². The maximum Gasteiger partial charge on any atom is 0.227 e. The van der Waals surface area contributed by atoms with Crippen molar-refractivity contribution in [3.63, 3.8) is 0 Å². The average molecular weight is 233 g/mol. The standard InChI is InChI=1S/C13H19N3O/c1-10-8-16(9-11(2)15-10)13(17)6-12-4-3-5-14-7-12/h3-5,7,10-11,15H,6,8-9H2,1-2H3/t10-,11-/m0/s1. The molecule has 2 heterocycles. The van der Waals surface area contributed by atoms with Crippen molar-refractivity contribution < 1.29 is 4.79 Å². The number of amides is 1. The van der Waals surface area contributed by atoms with Gasteiger partial charge in [0.1, 0.15) is 0 Å². The number of aromatic nitrogens is 1. The molecule has 0 bridgehead atoms. The van der Waals surface area contributed by atoms with Crippen LogP contribution in [0.1, 0.15) is 19.4 Å². The molecule has 0 saturated carbocycles.